The fourth-order valence-corrected chi connectivity index (χ4v) is 5.62. The summed E-state index contributed by atoms with van der Waals surface area (Å²) in [5, 5.41) is 9.37. The van der Waals surface area contributed by atoms with E-state index in [-0.39, 0.29) is 31.6 Å². The second kappa shape index (κ2) is 6.69. The number of sulfone groups is 1. The van der Waals surface area contributed by atoms with Gasteiger partial charge >= 0.3 is 5.69 Å². The number of rotatable bonds is 3. The van der Waals surface area contributed by atoms with Gasteiger partial charge in [0, 0.05) is 17.6 Å². The van der Waals surface area contributed by atoms with Crippen molar-refractivity contribution in [1.29, 1.82) is 0 Å². The van der Waals surface area contributed by atoms with Crippen LogP contribution in [0.25, 0.3) is 21.8 Å². The molecule has 0 amide bonds. The van der Waals surface area contributed by atoms with Crippen molar-refractivity contribution in [2.45, 2.75) is 35.1 Å². The molecule has 0 atom stereocenters. The molecule has 2 heterocycles. The maximum absolute atomic E-state index is 14.8. The highest BCUT2D eigenvalue weighted by Gasteiger charge is 2.27. The lowest BCUT2D eigenvalue weighted by atomic mass is 9.93. The summed E-state index contributed by atoms with van der Waals surface area (Å²) in [6, 6.07) is 6.39. The van der Waals surface area contributed by atoms with Crippen LogP contribution in [0.3, 0.4) is 0 Å². The first kappa shape index (κ1) is 19.8. The van der Waals surface area contributed by atoms with E-state index in [1.54, 1.807) is 12.3 Å². The van der Waals surface area contributed by atoms with Crippen molar-refractivity contribution in [2.24, 2.45) is 0 Å². The number of nitrogens with one attached hydrogen (secondary N) is 1. The van der Waals surface area contributed by atoms with Crippen molar-refractivity contribution in [3.8, 4) is 0 Å². The van der Waals surface area contributed by atoms with Gasteiger partial charge in [-0.15, -0.1) is 0 Å². The van der Waals surface area contributed by atoms with Crippen LogP contribution < -0.4 is 11.2 Å². The van der Waals surface area contributed by atoms with Gasteiger partial charge in [-0.05, 0) is 49.6 Å². The van der Waals surface area contributed by atoms with Crippen LogP contribution in [0, 0.1) is 5.82 Å². The van der Waals surface area contributed by atoms with E-state index >= 15 is 0 Å². The quantitative estimate of drug-likeness (QED) is 0.453. The molecule has 8 nitrogen and oxygen atoms in total. The Morgan fingerprint density at radius 2 is 1.90 bits per heavy atom. The van der Waals surface area contributed by atoms with Crippen molar-refractivity contribution in [1.82, 2.24) is 14.3 Å². The Labute approximate surface area is 179 Å². The summed E-state index contributed by atoms with van der Waals surface area (Å²) in [7, 11) is -4.36. The molecule has 160 valence electrons. The van der Waals surface area contributed by atoms with Gasteiger partial charge < -0.3 is 14.8 Å². The van der Waals surface area contributed by atoms with Gasteiger partial charge in [-0.2, -0.15) is 0 Å². The molecule has 1 fully saturated rings. The van der Waals surface area contributed by atoms with E-state index < -0.39 is 31.8 Å². The molecule has 0 aliphatic heterocycles. The van der Waals surface area contributed by atoms with Gasteiger partial charge in [0.05, 0.1) is 31.2 Å². The fraction of sp³-hybridized carbons (Fsp3) is 0.200. The molecule has 0 saturated heterocycles. The van der Waals surface area contributed by atoms with Crippen molar-refractivity contribution in [2.75, 3.05) is 0 Å². The minimum absolute atomic E-state index is 0.154. The summed E-state index contributed by atoms with van der Waals surface area (Å²) < 4.78 is 43.4. The number of H-pyrrole nitrogens is 1. The van der Waals surface area contributed by atoms with Crippen LogP contribution in [0.1, 0.15) is 25.3 Å². The van der Waals surface area contributed by atoms with Crippen LogP contribution in [0.4, 0.5) is 4.39 Å². The van der Waals surface area contributed by atoms with E-state index in [9.17, 15) is 27.6 Å². The van der Waals surface area contributed by atoms with Gasteiger partial charge in [-0.25, -0.2) is 17.6 Å². The van der Waals surface area contributed by atoms with E-state index in [4.69, 9.17) is 11.6 Å². The lowest BCUT2D eigenvalue weighted by Crippen LogP contribution is -2.33. The maximum atomic E-state index is 14.8. The van der Waals surface area contributed by atoms with Crippen LogP contribution in [0.2, 0.25) is 5.02 Å². The van der Waals surface area contributed by atoms with E-state index in [0.717, 1.165) is 31.4 Å². The number of aromatic amines is 1. The molecule has 0 unspecified atom stereocenters. The molecule has 31 heavy (non-hydrogen) atoms. The first-order valence-electron chi connectivity index (χ1n) is 9.42. The molecule has 0 spiro atoms. The summed E-state index contributed by atoms with van der Waals surface area (Å²) in [4.78, 5) is 25.6. The highest BCUT2D eigenvalue weighted by atomic mass is 35.5. The van der Waals surface area contributed by atoms with Gasteiger partial charge in [0.1, 0.15) is 5.82 Å². The average molecular weight is 464 g/mol. The third-order valence-electron chi connectivity index (χ3n) is 5.78. The topological polar surface area (TPSA) is 114 Å². The second-order valence-electron chi connectivity index (χ2n) is 7.49. The average Bonchev–Trinajstić information content (AvgIpc) is 3.09. The van der Waals surface area contributed by atoms with Crippen molar-refractivity contribution >= 4 is 43.2 Å². The fourth-order valence-electron chi connectivity index (χ4n) is 3.93. The minimum Gasteiger partial charge on any atom is -0.421 e. The molecular formula is C20H15ClFN3O5S. The molecule has 2 aromatic carbocycles. The Hall–Kier alpha value is -3.11. The predicted octanol–water partition coefficient (Wildman–Crippen LogP) is 3.23. The standard InChI is InChI=1S/C20H15ClFN3O5S/c21-13-4-5-16(18-17(13)19(26)25(28)20(27)23-18)31(29,30)11-8-14(22)12-6-7-24(15(12)9-11)10-2-1-3-10/h4-10,28H,1-3H2,(H,23,27). The largest absolute Gasteiger partial charge is 0.421 e. The van der Waals surface area contributed by atoms with E-state index in [1.165, 1.54) is 12.1 Å². The van der Waals surface area contributed by atoms with Gasteiger partial charge in [0.15, 0.2) is 0 Å². The van der Waals surface area contributed by atoms with Gasteiger partial charge in [-0.3, -0.25) is 4.79 Å². The molecule has 0 radical (unpaired) electrons. The minimum atomic E-state index is -4.36. The second-order valence-corrected chi connectivity index (χ2v) is 9.82. The molecule has 5 rings (SSSR count). The molecule has 1 aliphatic carbocycles. The number of halogens is 2. The van der Waals surface area contributed by atoms with Crippen molar-refractivity contribution in [3.63, 3.8) is 0 Å². The summed E-state index contributed by atoms with van der Waals surface area (Å²) in [5.41, 5.74) is -2.30. The summed E-state index contributed by atoms with van der Waals surface area (Å²) >= 11 is 6.02. The Morgan fingerprint density at radius 3 is 2.58 bits per heavy atom. The monoisotopic (exact) mass is 463 g/mol. The summed E-state index contributed by atoms with van der Waals surface area (Å²) in [6.45, 7) is 0. The maximum Gasteiger partial charge on any atom is 0.362 e. The number of benzene rings is 2. The lowest BCUT2D eigenvalue weighted by Gasteiger charge is -2.28. The molecule has 2 aromatic heterocycles. The third-order valence-corrected chi connectivity index (χ3v) is 7.87. The first-order valence-corrected chi connectivity index (χ1v) is 11.3. The van der Waals surface area contributed by atoms with Crippen LogP contribution in [-0.2, 0) is 9.84 Å². The Bertz CT molecular complexity index is 1620. The Morgan fingerprint density at radius 1 is 1.16 bits per heavy atom. The van der Waals surface area contributed by atoms with Gasteiger partial charge in [-0.1, -0.05) is 16.3 Å². The van der Waals surface area contributed by atoms with E-state index in [1.807, 2.05) is 4.57 Å². The molecule has 4 aromatic rings. The first-order chi connectivity index (χ1) is 14.7. The number of nitrogens with zero attached hydrogens (tertiary/aromatic N) is 2. The van der Waals surface area contributed by atoms with Crippen LogP contribution in [-0.4, -0.2) is 27.9 Å². The van der Waals surface area contributed by atoms with E-state index in [2.05, 4.69) is 4.98 Å². The predicted molar refractivity (Wildman–Crippen MR) is 111 cm³/mol. The van der Waals surface area contributed by atoms with Gasteiger partial charge in [0.25, 0.3) is 5.56 Å². The number of fused-ring (bicyclic) bond motifs is 2. The number of hydrogen-bond donors (Lipinski definition) is 2. The summed E-state index contributed by atoms with van der Waals surface area (Å²) in [5.74, 6) is -0.696. The van der Waals surface area contributed by atoms with Crippen LogP contribution in [0.5, 0.6) is 0 Å². The zero-order valence-corrected chi connectivity index (χ0v) is 17.4. The molecule has 1 saturated carbocycles. The lowest BCUT2D eigenvalue weighted by molar-refractivity contribution is 0.162. The van der Waals surface area contributed by atoms with E-state index in [0.29, 0.717) is 10.9 Å². The third kappa shape index (κ3) is 2.82. The number of aromatic nitrogens is 3. The Balaban J connectivity index is 1.80. The van der Waals surface area contributed by atoms with Crippen LogP contribution in [0.15, 0.2) is 55.9 Å². The van der Waals surface area contributed by atoms with Crippen molar-refractivity contribution in [3.05, 3.63) is 68.2 Å². The molecule has 11 heteroatoms. The highest BCUT2D eigenvalue weighted by molar-refractivity contribution is 7.91. The highest BCUT2D eigenvalue weighted by Crippen LogP contribution is 2.37. The number of hydrogen-bond acceptors (Lipinski definition) is 5. The molecule has 1 aliphatic rings. The van der Waals surface area contributed by atoms with Crippen molar-refractivity contribution < 1.29 is 18.0 Å². The normalized spacial score (nSPS) is 14.9. The smallest absolute Gasteiger partial charge is 0.362 e. The SMILES string of the molecule is O=c1[nH]c2c(S(=O)(=O)c3cc(F)c4ccn(C5CCC5)c4c3)ccc(Cl)c2c(=O)n1O. The Kier molecular flexibility index (Phi) is 4.28. The zero-order valence-electron chi connectivity index (χ0n) is 15.8. The molecule has 2 N–H and O–H groups in total. The van der Waals surface area contributed by atoms with Crippen LogP contribution >= 0.6 is 11.6 Å². The van der Waals surface area contributed by atoms with Gasteiger partial charge in [0.2, 0.25) is 9.84 Å². The zero-order chi connectivity index (χ0) is 22.1. The summed E-state index contributed by atoms with van der Waals surface area (Å²) in [6.07, 6.45) is 4.65. The molecule has 0 bridgehead atoms. The molecular weight excluding hydrogens is 449 g/mol.